The number of hydrogen-bond acceptors (Lipinski definition) is 2. The van der Waals surface area contributed by atoms with Crippen molar-refractivity contribution in [3.8, 4) is 0 Å². The molecule has 0 amide bonds. The number of anilines is 1. The molecular formula is C16H17F3N2O. The van der Waals surface area contributed by atoms with Gasteiger partial charge in [0.05, 0.1) is 5.56 Å². The van der Waals surface area contributed by atoms with Gasteiger partial charge in [0, 0.05) is 29.2 Å². The summed E-state index contributed by atoms with van der Waals surface area (Å²) in [5, 5.41) is -0.0276. The Labute approximate surface area is 126 Å². The Kier molecular flexibility index (Phi) is 4.30. The topological polar surface area (TPSA) is 36.1 Å². The Morgan fingerprint density at radius 3 is 2.55 bits per heavy atom. The first-order chi connectivity index (χ1) is 10.2. The van der Waals surface area contributed by atoms with Crippen LogP contribution in [0.2, 0.25) is 0 Å². The number of rotatable bonds is 4. The van der Waals surface area contributed by atoms with E-state index >= 15 is 0 Å². The highest BCUT2D eigenvalue weighted by molar-refractivity contribution is 5.86. The molecule has 1 heterocycles. The van der Waals surface area contributed by atoms with E-state index in [-0.39, 0.29) is 10.9 Å². The third-order valence-electron chi connectivity index (χ3n) is 3.25. The zero-order valence-electron chi connectivity index (χ0n) is 12.4. The quantitative estimate of drug-likeness (QED) is 0.921. The number of hydrogen-bond donors (Lipinski definition) is 1. The van der Waals surface area contributed by atoms with Crippen molar-refractivity contribution in [2.45, 2.75) is 20.0 Å². The summed E-state index contributed by atoms with van der Waals surface area (Å²) in [4.78, 5) is 15.6. The van der Waals surface area contributed by atoms with Crippen LogP contribution in [0.15, 0.2) is 41.8 Å². The zero-order valence-corrected chi connectivity index (χ0v) is 12.4. The van der Waals surface area contributed by atoms with Gasteiger partial charge in [-0.15, -0.1) is 0 Å². The van der Waals surface area contributed by atoms with Gasteiger partial charge in [0.25, 0.3) is 0 Å². The fourth-order valence-electron chi connectivity index (χ4n) is 2.33. The molecule has 0 atom stereocenters. The molecule has 1 N–H and O–H groups in total. The van der Waals surface area contributed by atoms with E-state index in [1.54, 1.807) is 17.2 Å². The first kappa shape index (κ1) is 16.1. The molecule has 0 spiro atoms. The monoisotopic (exact) mass is 310 g/mol. The van der Waals surface area contributed by atoms with E-state index in [1.165, 1.54) is 12.1 Å². The van der Waals surface area contributed by atoms with Gasteiger partial charge in [0.15, 0.2) is 0 Å². The van der Waals surface area contributed by atoms with Gasteiger partial charge in [-0.2, -0.15) is 13.2 Å². The summed E-state index contributed by atoms with van der Waals surface area (Å²) in [6.45, 7) is 8.36. The summed E-state index contributed by atoms with van der Waals surface area (Å²) in [6, 6.07) is 5.17. The Bertz CT molecular complexity index is 747. The van der Waals surface area contributed by atoms with Crippen LogP contribution in [0, 0.1) is 5.92 Å². The smallest absolute Gasteiger partial charge is 0.348 e. The SMILES string of the molecule is C=CN(CC(C)C)c1ccc2[nH]c(=O)cc(C(F)(F)F)c2c1. The third-order valence-corrected chi connectivity index (χ3v) is 3.25. The van der Waals surface area contributed by atoms with Crippen LogP contribution < -0.4 is 10.5 Å². The predicted molar refractivity (Wildman–Crippen MR) is 82.0 cm³/mol. The van der Waals surface area contributed by atoms with Gasteiger partial charge in [-0.25, -0.2) is 0 Å². The van der Waals surface area contributed by atoms with Crippen molar-refractivity contribution < 1.29 is 13.2 Å². The van der Waals surface area contributed by atoms with Gasteiger partial charge >= 0.3 is 6.18 Å². The molecule has 118 valence electrons. The Hall–Kier alpha value is -2.24. The second-order valence-corrected chi connectivity index (χ2v) is 5.50. The number of H-pyrrole nitrogens is 1. The van der Waals surface area contributed by atoms with Gasteiger partial charge in [-0.1, -0.05) is 20.4 Å². The molecule has 22 heavy (non-hydrogen) atoms. The summed E-state index contributed by atoms with van der Waals surface area (Å²) >= 11 is 0. The minimum absolute atomic E-state index is 0.0276. The molecule has 0 unspecified atom stereocenters. The number of pyridine rings is 1. The normalized spacial score (nSPS) is 11.9. The summed E-state index contributed by atoms with van der Waals surface area (Å²) < 4.78 is 39.4. The highest BCUT2D eigenvalue weighted by Crippen LogP contribution is 2.34. The maximum Gasteiger partial charge on any atom is 0.417 e. The number of aromatic amines is 1. The van der Waals surface area contributed by atoms with E-state index in [2.05, 4.69) is 11.6 Å². The van der Waals surface area contributed by atoms with Crippen molar-refractivity contribution in [1.29, 1.82) is 0 Å². The van der Waals surface area contributed by atoms with E-state index in [0.717, 1.165) is 0 Å². The van der Waals surface area contributed by atoms with Crippen LogP contribution in [-0.4, -0.2) is 11.5 Å². The molecule has 1 aromatic carbocycles. The Morgan fingerprint density at radius 1 is 1.32 bits per heavy atom. The second-order valence-electron chi connectivity index (χ2n) is 5.50. The lowest BCUT2D eigenvalue weighted by Gasteiger charge is -2.23. The fourth-order valence-corrected chi connectivity index (χ4v) is 2.33. The van der Waals surface area contributed by atoms with E-state index in [1.807, 2.05) is 13.8 Å². The minimum Gasteiger partial charge on any atom is -0.348 e. The molecule has 0 fully saturated rings. The summed E-state index contributed by atoms with van der Waals surface area (Å²) in [6.07, 6.45) is -3.00. The number of benzene rings is 1. The van der Waals surface area contributed by atoms with Crippen LogP contribution in [0.25, 0.3) is 10.9 Å². The third kappa shape index (κ3) is 3.32. The predicted octanol–water partition coefficient (Wildman–Crippen LogP) is 4.15. The summed E-state index contributed by atoms with van der Waals surface area (Å²) in [5.41, 5.74) is -0.928. The Balaban J connectivity index is 2.65. The number of nitrogens with one attached hydrogen (secondary N) is 1. The lowest BCUT2D eigenvalue weighted by molar-refractivity contribution is -0.136. The van der Waals surface area contributed by atoms with Crippen molar-refractivity contribution in [1.82, 2.24) is 4.98 Å². The lowest BCUT2D eigenvalue weighted by atomic mass is 10.1. The van der Waals surface area contributed by atoms with E-state index in [0.29, 0.717) is 24.2 Å². The average Bonchev–Trinajstić information content (AvgIpc) is 2.42. The van der Waals surface area contributed by atoms with Crippen molar-refractivity contribution in [3.05, 3.63) is 53.0 Å². The number of halogens is 3. The second kappa shape index (κ2) is 5.87. The van der Waals surface area contributed by atoms with E-state index < -0.39 is 17.3 Å². The number of fused-ring (bicyclic) bond motifs is 1. The van der Waals surface area contributed by atoms with Gasteiger partial charge in [-0.05, 0) is 30.3 Å². The molecule has 0 bridgehead atoms. The first-order valence-electron chi connectivity index (χ1n) is 6.86. The van der Waals surface area contributed by atoms with Crippen molar-refractivity contribution in [3.63, 3.8) is 0 Å². The minimum atomic E-state index is -4.58. The molecule has 0 aliphatic heterocycles. The van der Waals surface area contributed by atoms with Crippen molar-refractivity contribution >= 4 is 16.6 Å². The molecule has 3 nitrogen and oxygen atoms in total. The average molecular weight is 310 g/mol. The van der Waals surface area contributed by atoms with Crippen LogP contribution in [0.5, 0.6) is 0 Å². The van der Waals surface area contributed by atoms with E-state index in [4.69, 9.17) is 0 Å². The lowest BCUT2D eigenvalue weighted by Crippen LogP contribution is -2.21. The molecule has 0 saturated heterocycles. The standard InChI is InChI=1S/C16H17F3N2O/c1-4-21(9-10(2)3)11-5-6-14-12(7-11)13(16(17,18)19)8-15(22)20-14/h4-8,10H,1,9H2,2-3H3,(H,20,22). The van der Waals surface area contributed by atoms with Crippen LogP contribution in [0.3, 0.4) is 0 Å². The molecule has 0 aliphatic rings. The van der Waals surface area contributed by atoms with Gasteiger partial charge in [0.2, 0.25) is 5.56 Å². The largest absolute Gasteiger partial charge is 0.417 e. The molecule has 2 aromatic rings. The molecular weight excluding hydrogens is 293 g/mol. The first-order valence-corrected chi connectivity index (χ1v) is 6.86. The number of alkyl halides is 3. The zero-order chi connectivity index (χ0) is 16.5. The molecule has 0 saturated carbocycles. The summed E-state index contributed by atoms with van der Waals surface area (Å²) in [7, 11) is 0. The van der Waals surface area contributed by atoms with Crippen molar-refractivity contribution in [2.24, 2.45) is 5.92 Å². The maximum absolute atomic E-state index is 13.1. The number of nitrogens with zero attached hydrogens (tertiary/aromatic N) is 1. The molecule has 0 aliphatic carbocycles. The molecule has 1 aromatic heterocycles. The van der Waals surface area contributed by atoms with Gasteiger partial charge in [0.1, 0.15) is 0 Å². The highest BCUT2D eigenvalue weighted by atomic mass is 19.4. The summed E-state index contributed by atoms with van der Waals surface area (Å²) in [5.74, 6) is 0.325. The van der Waals surface area contributed by atoms with Crippen LogP contribution in [0.1, 0.15) is 19.4 Å². The van der Waals surface area contributed by atoms with Gasteiger partial charge < -0.3 is 9.88 Å². The van der Waals surface area contributed by atoms with Gasteiger partial charge in [-0.3, -0.25) is 4.79 Å². The highest BCUT2D eigenvalue weighted by Gasteiger charge is 2.33. The molecule has 6 heteroatoms. The van der Waals surface area contributed by atoms with Crippen LogP contribution >= 0.6 is 0 Å². The van der Waals surface area contributed by atoms with Crippen molar-refractivity contribution in [2.75, 3.05) is 11.4 Å². The Morgan fingerprint density at radius 2 is 2.00 bits per heavy atom. The fraction of sp³-hybridized carbons (Fsp3) is 0.312. The molecule has 0 radical (unpaired) electrons. The van der Waals surface area contributed by atoms with E-state index in [9.17, 15) is 18.0 Å². The van der Waals surface area contributed by atoms with Crippen LogP contribution in [0.4, 0.5) is 18.9 Å². The van der Waals surface area contributed by atoms with Crippen LogP contribution in [-0.2, 0) is 6.18 Å². The maximum atomic E-state index is 13.1. The number of aromatic nitrogens is 1. The molecule has 2 rings (SSSR count).